The number of aromatic amines is 1. The highest BCUT2D eigenvalue weighted by Crippen LogP contribution is 2.21. The summed E-state index contributed by atoms with van der Waals surface area (Å²) in [7, 11) is 1.53. The lowest BCUT2D eigenvalue weighted by molar-refractivity contribution is 0.102. The summed E-state index contributed by atoms with van der Waals surface area (Å²) in [5, 5.41) is 9.38. The molecule has 0 saturated carbocycles. The Balaban J connectivity index is 1.78. The molecule has 3 amide bonds. The van der Waals surface area contributed by atoms with Crippen LogP contribution in [0.2, 0.25) is 5.02 Å². The van der Waals surface area contributed by atoms with Crippen molar-refractivity contribution in [1.82, 2.24) is 10.3 Å². The van der Waals surface area contributed by atoms with Crippen molar-refractivity contribution < 1.29 is 9.59 Å². The van der Waals surface area contributed by atoms with Crippen LogP contribution in [0, 0.1) is 0 Å². The summed E-state index contributed by atoms with van der Waals surface area (Å²) in [6.07, 6.45) is 0. The van der Waals surface area contributed by atoms with Gasteiger partial charge in [0.25, 0.3) is 5.91 Å². The summed E-state index contributed by atoms with van der Waals surface area (Å²) in [5.41, 5.74) is 2.41. The lowest BCUT2D eigenvalue weighted by atomic mass is 10.2. The second kappa shape index (κ2) is 6.64. The van der Waals surface area contributed by atoms with Crippen molar-refractivity contribution in [1.29, 1.82) is 0 Å². The predicted octanol–water partition coefficient (Wildman–Crippen LogP) is 3.82. The van der Waals surface area contributed by atoms with E-state index < -0.39 is 0 Å². The Labute approximate surface area is 143 Å². The fourth-order valence-corrected chi connectivity index (χ4v) is 2.47. The first-order chi connectivity index (χ1) is 11.5. The average molecular weight is 343 g/mol. The molecule has 7 heteroatoms. The Morgan fingerprint density at radius 3 is 2.50 bits per heavy atom. The molecule has 0 bridgehead atoms. The molecule has 0 aliphatic rings. The van der Waals surface area contributed by atoms with Gasteiger partial charge in [0, 0.05) is 34.3 Å². The van der Waals surface area contributed by atoms with Gasteiger partial charge in [0.1, 0.15) is 5.69 Å². The Kier molecular flexibility index (Phi) is 4.39. The Hall–Kier alpha value is -2.99. The van der Waals surface area contributed by atoms with E-state index in [1.165, 1.54) is 7.05 Å². The predicted molar refractivity (Wildman–Crippen MR) is 95.8 cm³/mol. The standard InChI is InChI=1S/C17H15ClN4O2/c1-19-17(24)21-13-4-2-3-12(9-13)20-16(23)15-8-10-7-11(18)5-6-14(10)22-15/h2-9,22H,1H3,(H,20,23)(H2,19,21,24). The number of carbonyl (C=O) groups excluding carboxylic acids is 2. The van der Waals surface area contributed by atoms with E-state index in [9.17, 15) is 9.59 Å². The van der Waals surface area contributed by atoms with Crippen LogP contribution in [0.25, 0.3) is 10.9 Å². The van der Waals surface area contributed by atoms with Crippen LogP contribution in [0.15, 0.2) is 48.5 Å². The summed E-state index contributed by atoms with van der Waals surface area (Å²) in [5.74, 6) is -0.278. The van der Waals surface area contributed by atoms with Crippen LogP contribution in [0.1, 0.15) is 10.5 Å². The van der Waals surface area contributed by atoms with Gasteiger partial charge in [-0.3, -0.25) is 4.79 Å². The molecule has 3 rings (SSSR count). The highest BCUT2D eigenvalue weighted by Gasteiger charge is 2.10. The number of urea groups is 1. The molecular formula is C17H15ClN4O2. The number of nitrogens with one attached hydrogen (secondary N) is 4. The zero-order valence-corrected chi connectivity index (χ0v) is 13.6. The van der Waals surface area contributed by atoms with Gasteiger partial charge in [-0.2, -0.15) is 0 Å². The lowest BCUT2D eigenvalue weighted by Gasteiger charge is -2.08. The second-order valence-corrected chi connectivity index (χ2v) is 5.59. The minimum absolute atomic E-state index is 0.278. The number of carbonyl (C=O) groups is 2. The number of hydrogen-bond acceptors (Lipinski definition) is 2. The van der Waals surface area contributed by atoms with E-state index in [4.69, 9.17) is 11.6 Å². The fourth-order valence-electron chi connectivity index (χ4n) is 2.29. The molecule has 1 aromatic heterocycles. The largest absolute Gasteiger partial charge is 0.351 e. The SMILES string of the molecule is CNC(=O)Nc1cccc(NC(=O)c2cc3cc(Cl)ccc3[nH]2)c1. The van der Waals surface area contributed by atoms with Crippen molar-refractivity contribution in [3.63, 3.8) is 0 Å². The van der Waals surface area contributed by atoms with Gasteiger partial charge in [0.2, 0.25) is 0 Å². The molecule has 1 heterocycles. The zero-order valence-electron chi connectivity index (χ0n) is 12.8. The summed E-state index contributed by atoms with van der Waals surface area (Å²) >= 11 is 5.95. The van der Waals surface area contributed by atoms with Crippen molar-refractivity contribution in [3.05, 3.63) is 59.2 Å². The fraction of sp³-hybridized carbons (Fsp3) is 0.0588. The number of fused-ring (bicyclic) bond motifs is 1. The van der Waals surface area contributed by atoms with Crippen molar-refractivity contribution >= 4 is 45.8 Å². The van der Waals surface area contributed by atoms with Gasteiger partial charge in [-0.25, -0.2) is 4.79 Å². The summed E-state index contributed by atoms with van der Waals surface area (Å²) in [4.78, 5) is 26.8. The number of halogens is 1. The quantitative estimate of drug-likeness (QED) is 0.583. The topological polar surface area (TPSA) is 86.0 Å². The van der Waals surface area contributed by atoms with E-state index in [-0.39, 0.29) is 11.9 Å². The molecule has 0 aliphatic heterocycles. The molecule has 6 nitrogen and oxygen atoms in total. The summed E-state index contributed by atoms with van der Waals surface area (Å²) in [6, 6.07) is 13.7. The monoisotopic (exact) mass is 342 g/mol. The van der Waals surface area contributed by atoms with Crippen molar-refractivity contribution in [2.75, 3.05) is 17.7 Å². The van der Waals surface area contributed by atoms with Gasteiger partial charge >= 0.3 is 6.03 Å². The number of benzene rings is 2. The number of amides is 3. The Morgan fingerprint density at radius 1 is 1.00 bits per heavy atom. The summed E-state index contributed by atoms with van der Waals surface area (Å²) < 4.78 is 0. The van der Waals surface area contributed by atoms with Gasteiger partial charge in [-0.1, -0.05) is 17.7 Å². The first-order valence-corrected chi connectivity index (χ1v) is 7.61. The number of anilines is 2. The van der Waals surface area contributed by atoms with Gasteiger partial charge in [0.05, 0.1) is 0 Å². The van der Waals surface area contributed by atoms with Crippen molar-refractivity contribution in [2.24, 2.45) is 0 Å². The molecule has 0 fully saturated rings. The molecule has 0 unspecified atom stereocenters. The normalized spacial score (nSPS) is 10.4. The molecule has 0 spiro atoms. The Morgan fingerprint density at radius 2 is 1.75 bits per heavy atom. The van der Waals surface area contributed by atoms with Gasteiger partial charge in [-0.05, 0) is 42.5 Å². The highest BCUT2D eigenvalue weighted by molar-refractivity contribution is 6.31. The molecule has 4 N–H and O–H groups in total. The average Bonchev–Trinajstić information content (AvgIpc) is 2.98. The third-order valence-corrected chi connectivity index (χ3v) is 3.67. The minimum atomic E-state index is -0.328. The number of hydrogen-bond donors (Lipinski definition) is 4. The molecule has 0 radical (unpaired) electrons. The molecule has 2 aromatic carbocycles. The molecule has 3 aromatic rings. The number of H-pyrrole nitrogens is 1. The maximum absolute atomic E-state index is 12.4. The molecule has 0 saturated heterocycles. The van der Waals surface area contributed by atoms with Gasteiger partial charge in [0.15, 0.2) is 0 Å². The van der Waals surface area contributed by atoms with Crippen LogP contribution in [0.3, 0.4) is 0 Å². The van der Waals surface area contributed by atoms with E-state index >= 15 is 0 Å². The van der Waals surface area contributed by atoms with Gasteiger partial charge in [-0.15, -0.1) is 0 Å². The second-order valence-electron chi connectivity index (χ2n) is 5.15. The summed E-state index contributed by atoms with van der Waals surface area (Å²) in [6.45, 7) is 0. The third-order valence-electron chi connectivity index (χ3n) is 3.43. The molecule has 0 atom stereocenters. The molecule has 0 aliphatic carbocycles. The van der Waals surface area contributed by atoms with Crippen LogP contribution in [0.5, 0.6) is 0 Å². The van der Waals surface area contributed by atoms with Crippen LogP contribution in [0.4, 0.5) is 16.2 Å². The minimum Gasteiger partial charge on any atom is -0.351 e. The van der Waals surface area contributed by atoms with E-state index in [0.717, 1.165) is 10.9 Å². The maximum Gasteiger partial charge on any atom is 0.318 e. The van der Waals surface area contributed by atoms with Crippen molar-refractivity contribution in [2.45, 2.75) is 0 Å². The van der Waals surface area contributed by atoms with Crippen LogP contribution in [-0.4, -0.2) is 24.0 Å². The van der Waals surface area contributed by atoms with E-state index in [2.05, 4.69) is 20.9 Å². The highest BCUT2D eigenvalue weighted by atomic mass is 35.5. The van der Waals surface area contributed by atoms with Gasteiger partial charge < -0.3 is 20.9 Å². The zero-order chi connectivity index (χ0) is 17.1. The van der Waals surface area contributed by atoms with Crippen LogP contribution >= 0.6 is 11.6 Å². The smallest absolute Gasteiger partial charge is 0.318 e. The third kappa shape index (κ3) is 3.49. The van der Waals surface area contributed by atoms with E-state index in [1.54, 1.807) is 42.5 Å². The van der Waals surface area contributed by atoms with Crippen LogP contribution < -0.4 is 16.0 Å². The number of rotatable bonds is 3. The molecular weight excluding hydrogens is 328 g/mol. The lowest BCUT2D eigenvalue weighted by Crippen LogP contribution is -2.24. The van der Waals surface area contributed by atoms with E-state index in [1.807, 2.05) is 6.07 Å². The molecule has 122 valence electrons. The Bertz CT molecular complexity index is 920. The number of aromatic nitrogens is 1. The maximum atomic E-state index is 12.4. The van der Waals surface area contributed by atoms with E-state index in [0.29, 0.717) is 22.1 Å². The molecule has 24 heavy (non-hydrogen) atoms. The van der Waals surface area contributed by atoms with Crippen molar-refractivity contribution in [3.8, 4) is 0 Å². The van der Waals surface area contributed by atoms with Crippen LogP contribution in [-0.2, 0) is 0 Å². The first-order valence-electron chi connectivity index (χ1n) is 7.23. The first kappa shape index (κ1) is 15.9.